The summed E-state index contributed by atoms with van der Waals surface area (Å²) in [5.74, 6) is 0.954. The van der Waals surface area contributed by atoms with E-state index in [1.807, 2.05) is 6.07 Å². The van der Waals surface area contributed by atoms with Crippen molar-refractivity contribution in [3.63, 3.8) is 0 Å². The molecule has 3 nitrogen and oxygen atoms in total. The molecule has 0 saturated carbocycles. The Bertz CT molecular complexity index is 405. The average molecular weight is 232 g/mol. The molecule has 0 aromatic heterocycles. The van der Waals surface area contributed by atoms with Crippen LogP contribution in [0, 0.1) is 0 Å². The van der Waals surface area contributed by atoms with Gasteiger partial charge in [-0.2, -0.15) is 0 Å². The molecule has 0 radical (unpaired) electrons. The highest BCUT2D eigenvalue weighted by Crippen LogP contribution is 2.37. The van der Waals surface area contributed by atoms with Gasteiger partial charge in [0.15, 0.2) is 0 Å². The van der Waals surface area contributed by atoms with Crippen LogP contribution in [-0.4, -0.2) is 26.2 Å². The second-order valence-electron chi connectivity index (χ2n) is 4.96. The molecule has 1 saturated heterocycles. The standard InChI is InChI=1S/C14H20N2O/c1-17-12-6-7-13-14(9-12)16-8-4-2-3-5-11(16)10-15-13/h6-7,9,11,15H,2-5,8,10H2,1H3. The number of anilines is 2. The van der Waals surface area contributed by atoms with Crippen LogP contribution in [0.2, 0.25) is 0 Å². The molecule has 2 heterocycles. The summed E-state index contributed by atoms with van der Waals surface area (Å²) in [6, 6.07) is 7.00. The first kappa shape index (κ1) is 10.8. The maximum absolute atomic E-state index is 5.34. The molecule has 3 heteroatoms. The van der Waals surface area contributed by atoms with E-state index in [4.69, 9.17) is 4.74 Å². The van der Waals surface area contributed by atoms with E-state index in [0.717, 1.165) is 12.3 Å². The Kier molecular flexibility index (Phi) is 2.83. The maximum Gasteiger partial charge on any atom is 0.121 e. The van der Waals surface area contributed by atoms with Gasteiger partial charge in [-0.3, -0.25) is 0 Å². The van der Waals surface area contributed by atoms with E-state index in [1.165, 1.54) is 43.6 Å². The van der Waals surface area contributed by atoms with Gasteiger partial charge in [0.1, 0.15) is 5.75 Å². The highest BCUT2D eigenvalue weighted by molar-refractivity contribution is 5.74. The van der Waals surface area contributed by atoms with Crippen molar-refractivity contribution in [1.29, 1.82) is 0 Å². The largest absolute Gasteiger partial charge is 0.497 e. The van der Waals surface area contributed by atoms with Crippen LogP contribution in [0.15, 0.2) is 18.2 Å². The predicted octanol–water partition coefficient (Wildman–Crippen LogP) is 2.87. The lowest BCUT2D eigenvalue weighted by Crippen LogP contribution is -2.43. The third-order valence-electron chi connectivity index (χ3n) is 3.92. The molecule has 92 valence electrons. The predicted molar refractivity (Wildman–Crippen MR) is 71.1 cm³/mol. The zero-order valence-electron chi connectivity index (χ0n) is 10.4. The summed E-state index contributed by atoms with van der Waals surface area (Å²) in [5, 5.41) is 3.54. The Morgan fingerprint density at radius 3 is 3.12 bits per heavy atom. The van der Waals surface area contributed by atoms with E-state index in [-0.39, 0.29) is 0 Å². The van der Waals surface area contributed by atoms with Gasteiger partial charge in [-0.1, -0.05) is 12.8 Å². The van der Waals surface area contributed by atoms with Crippen molar-refractivity contribution in [2.75, 3.05) is 30.4 Å². The third-order valence-corrected chi connectivity index (χ3v) is 3.92. The van der Waals surface area contributed by atoms with Gasteiger partial charge < -0.3 is 15.0 Å². The third kappa shape index (κ3) is 1.94. The first-order chi connectivity index (χ1) is 8.38. The monoisotopic (exact) mass is 232 g/mol. The quantitative estimate of drug-likeness (QED) is 0.805. The minimum absolute atomic E-state index is 0.664. The number of nitrogens with zero attached hydrogens (tertiary/aromatic N) is 1. The lowest BCUT2D eigenvalue weighted by atomic mass is 10.1. The summed E-state index contributed by atoms with van der Waals surface area (Å²) in [7, 11) is 1.73. The van der Waals surface area contributed by atoms with Crippen molar-refractivity contribution in [2.24, 2.45) is 0 Å². The van der Waals surface area contributed by atoms with Gasteiger partial charge in [-0.15, -0.1) is 0 Å². The minimum atomic E-state index is 0.664. The van der Waals surface area contributed by atoms with Crippen LogP contribution in [0.3, 0.4) is 0 Å². The highest BCUT2D eigenvalue weighted by Gasteiger charge is 2.27. The molecule has 2 aliphatic heterocycles. The second kappa shape index (κ2) is 4.47. The Hall–Kier alpha value is -1.38. The first-order valence-corrected chi connectivity index (χ1v) is 6.57. The summed E-state index contributed by atoms with van der Waals surface area (Å²) in [5.41, 5.74) is 2.58. The van der Waals surface area contributed by atoms with Crippen LogP contribution < -0.4 is 15.0 Å². The van der Waals surface area contributed by atoms with E-state index in [2.05, 4.69) is 22.3 Å². The second-order valence-corrected chi connectivity index (χ2v) is 4.96. The molecule has 0 bridgehead atoms. The topological polar surface area (TPSA) is 24.5 Å². The van der Waals surface area contributed by atoms with Crippen molar-refractivity contribution in [2.45, 2.75) is 31.7 Å². The Morgan fingerprint density at radius 2 is 2.24 bits per heavy atom. The number of rotatable bonds is 1. The SMILES string of the molecule is COc1ccc2c(c1)N1CCCCCC1CN2. The van der Waals surface area contributed by atoms with Crippen molar-refractivity contribution < 1.29 is 4.74 Å². The zero-order valence-corrected chi connectivity index (χ0v) is 10.4. The van der Waals surface area contributed by atoms with E-state index >= 15 is 0 Å². The van der Waals surface area contributed by atoms with Gasteiger partial charge >= 0.3 is 0 Å². The molecule has 0 amide bonds. The summed E-state index contributed by atoms with van der Waals surface area (Å²) in [4.78, 5) is 2.57. The number of fused-ring (bicyclic) bond motifs is 3. The molecule has 1 atom stereocenters. The van der Waals surface area contributed by atoms with Gasteiger partial charge in [0.05, 0.1) is 18.5 Å². The van der Waals surface area contributed by atoms with Crippen LogP contribution >= 0.6 is 0 Å². The van der Waals surface area contributed by atoms with Crippen molar-refractivity contribution in [3.05, 3.63) is 18.2 Å². The lowest BCUT2D eigenvalue weighted by molar-refractivity contribution is 0.414. The van der Waals surface area contributed by atoms with Crippen LogP contribution in [0.5, 0.6) is 5.75 Å². The molecule has 1 aromatic carbocycles. The Labute approximate surface area is 103 Å². The molecule has 1 aromatic rings. The van der Waals surface area contributed by atoms with Gasteiger partial charge in [0, 0.05) is 25.2 Å². The van der Waals surface area contributed by atoms with E-state index in [0.29, 0.717) is 6.04 Å². The lowest BCUT2D eigenvalue weighted by Gasteiger charge is -2.38. The molecule has 17 heavy (non-hydrogen) atoms. The molecule has 0 aliphatic carbocycles. The molecule has 2 aliphatic rings. The van der Waals surface area contributed by atoms with Gasteiger partial charge in [0.25, 0.3) is 0 Å². The normalized spacial score (nSPS) is 23.1. The summed E-state index contributed by atoms with van der Waals surface area (Å²) in [6.07, 6.45) is 5.35. The molecule has 1 fully saturated rings. The first-order valence-electron chi connectivity index (χ1n) is 6.57. The zero-order chi connectivity index (χ0) is 11.7. The average Bonchev–Trinajstić information content (AvgIpc) is 2.63. The van der Waals surface area contributed by atoms with Crippen LogP contribution in [0.25, 0.3) is 0 Å². The number of nitrogens with one attached hydrogen (secondary N) is 1. The Balaban J connectivity index is 1.96. The Morgan fingerprint density at radius 1 is 1.29 bits per heavy atom. The summed E-state index contributed by atoms with van der Waals surface area (Å²) < 4.78 is 5.34. The molecular weight excluding hydrogens is 212 g/mol. The molecule has 1 unspecified atom stereocenters. The van der Waals surface area contributed by atoms with Gasteiger partial charge in [0.2, 0.25) is 0 Å². The maximum atomic E-state index is 5.34. The summed E-state index contributed by atoms with van der Waals surface area (Å²) in [6.45, 7) is 2.27. The minimum Gasteiger partial charge on any atom is -0.497 e. The van der Waals surface area contributed by atoms with Crippen LogP contribution in [0.1, 0.15) is 25.7 Å². The molecule has 1 N–H and O–H groups in total. The number of benzene rings is 1. The van der Waals surface area contributed by atoms with E-state index in [9.17, 15) is 0 Å². The number of hydrogen-bond donors (Lipinski definition) is 1. The van der Waals surface area contributed by atoms with Crippen LogP contribution in [-0.2, 0) is 0 Å². The van der Waals surface area contributed by atoms with E-state index in [1.54, 1.807) is 7.11 Å². The summed E-state index contributed by atoms with van der Waals surface area (Å²) >= 11 is 0. The number of ether oxygens (including phenoxy) is 1. The fourth-order valence-electron chi connectivity index (χ4n) is 2.96. The number of methoxy groups -OCH3 is 1. The number of hydrogen-bond acceptors (Lipinski definition) is 3. The van der Waals surface area contributed by atoms with Crippen molar-refractivity contribution in [1.82, 2.24) is 0 Å². The van der Waals surface area contributed by atoms with Crippen molar-refractivity contribution in [3.8, 4) is 5.75 Å². The molecule has 3 rings (SSSR count). The fourth-order valence-corrected chi connectivity index (χ4v) is 2.96. The van der Waals surface area contributed by atoms with Crippen molar-refractivity contribution >= 4 is 11.4 Å². The van der Waals surface area contributed by atoms with Gasteiger partial charge in [-0.05, 0) is 25.0 Å². The molecular formula is C14H20N2O. The van der Waals surface area contributed by atoms with Crippen LogP contribution in [0.4, 0.5) is 11.4 Å². The van der Waals surface area contributed by atoms with Gasteiger partial charge in [-0.25, -0.2) is 0 Å². The van der Waals surface area contributed by atoms with E-state index < -0.39 is 0 Å². The fraction of sp³-hybridized carbons (Fsp3) is 0.571. The molecule has 0 spiro atoms. The smallest absolute Gasteiger partial charge is 0.121 e. The highest BCUT2D eigenvalue weighted by atomic mass is 16.5.